The SMILES string of the molecule is CC(C)(C)OC(=O)N1CCCCC1C(=O)NCCc1noc(=O)[nH]1. The molecule has 1 aromatic rings. The van der Waals surface area contributed by atoms with E-state index < -0.39 is 23.5 Å². The van der Waals surface area contributed by atoms with Gasteiger partial charge in [0.05, 0.1) is 0 Å². The average Bonchev–Trinajstić information content (AvgIpc) is 2.91. The molecule has 0 aromatic carbocycles. The largest absolute Gasteiger partial charge is 0.444 e. The number of hydrogen-bond acceptors (Lipinski definition) is 6. The second kappa shape index (κ2) is 7.50. The standard InChI is InChI=1S/C15H24N4O5/c1-15(2,3)23-14(22)19-9-5-4-6-10(19)12(20)16-8-7-11-17-13(21)24-18-11/h10H,4-9H2,1-3H3,(H,16,20)(H,17,18,21). The lowest BCUT2D eigenvalue weighted by atomic mass is 10.0. The fourth-order valence-corrected chi connectivity index (χ4v) is 2.53. The summed E-state index contributed by atoms with van der Waals surface area (Å²) in [6, 6.07) is -0.537. The van der Waals surface area contributed by atoms with Gasteiger partial charge in [0.15, 0.2) is 5.82 Å². The van der Waals surface area contributed by atoms with Crippen LogP contribution in [0.4, 0.5) is 4.79 Å². The van der Waals surface area contributed by atoms with E-state index in [2.05, 4.69) is 20.0 Å². The number of carbonyl (C=O) groups excluding carboxylic acids is 2. The molecule has 9 heteroatoms. The van der Waals surface area contributed by atoms with Crippen molar-refractivity contribution in [1.82, 2.24) is 20.4 Å². The second-order valence-corrected chi connectivity index (χ2v) is 6.77. The van der Waals surface area contributed by atoms with E-state index >= 15 is 0 Å². The molecule has 1 saturated heterocycles. The highest BCUT2D eigenvalue weighted by atomic mass is 16.6. The number of nitrogens with one attached hydrogen (secondary N) is 2. The van der Waals surface area contributed by atoms with E-state index in [0.717, 1.165) is 12.8 Å². The molecule has 0 spiro atoms. The lowest BCUT2D eigenvalue weighted by Gasteiger charge is -2.35. The number of piperidine rings is 1. The fourth-order valence-electron chi connectivity index (χ4n) is 2.53. The molecule has 2 heterocycles. The van der Waals surface area contributed by atoms with Crippen molar-refractivity contribution < 1.29 is 18.8 Å². The third-order valence-electron chi connectivity index (χ3n) is 3.58. The van der Waals surface area contributed by atoms with Gasteiger partial charge in [0.1, 0.15) is 11.6 Å². The van der Waals surface area contributed by atoms with Crippen LogP contribution in [-0.4, -0.2) is 51.8 Å². The molecule has 2 rings (SSSR count). The second-order valence-electron chi connectivity index (χ2n) is 6.77. The van der Waals surface area contributed by atoms with E-state index in [-0.39, 0.29) is 5.91 Å². The summed E-state index contributed by atoms with van der Waals surface area (Å²) in [6.07, 6.45) is 2.21. The van der Waals surface area contributed by atoms with Gasteiger partial charge in [-0.25, -0.2) is 9.59 Å². The Kier molecular flexibility index (Phi) is 5.63. The van der Waals surface area contributed by atoms with Crippen LogP contribution in [0.2, 0.25) is 0 Å². The van der Waals surface area contributed by atoms with Gasteiger partial charge in [0, 0.05) is 19.5 Å². The highest BCUT2D eigenvalue weighted by Crippen LogP contribution is 2.20. The topological polar surface area (TPSA) is 118 Å². The summed E-state index contributed by atoms with van der Waals surface area (Å²) in [5.74, 6) is -0.487. The molecule has 0 bridgehead atoms. The zero-order valence-corrected chi connectivity index (χ0v) is 14.3. The molecule has 0 radical (unpaired) electrons. The molecule has 134 valence electrons. The number of aromatic amines is 1. The number of ether oxygens (including phenoxy) is 1. The Morgan fingerprint density at radius 2 is 2.17 bits per heavy atom. The molecule has 1 fully saturated rings. The van der Waals surface area contributed by atoms with E-state index in [1.165, 1.54) is 4.90 Å². The minimum absolute atomic E-state index is 0.230. The lowest BCUT2D eigenvalue weighted by Crippen LogP contribution is -2.53. The fraction of sp³-hybridized carbons (Fsp3) is 0.733. The van der Waals surface area contributed by atoms with Crippen molar-refractivity contribution in [3.8, 4) is 0 Å². The summed E-state index contributed by atoms with van der Waals surface area (Å²) in [5.41, 5.74) is -0.603. The molecular formula is C15H24N4O5. The highest BCUT2D eigenvalue weighted by molar-refractivity contribution is 5.85. The molecule has 0 saturated carbocycles. The minimum Gasteiger partial charge on any atom is -0.444 e. The summed E-state index contributed by atoms with van der Waals surface area (Å²) < 4.78 is 9.77. The van der Waals surface area contributed by atoms with Crippen LogP contribution in [0.1, 0.15) is 45.9 Å². The summed E-state index contributed by atoms with van der Waals surface area (Å²) in [6.45, 7) is 6.18. The summed E-state index contributed by atoms with van der Waals surface area (Å²) in [7, 11) is 0. The minimum atomic E-state index is -0.625. The van der Waals surface area contributed by atoms with Gasteiger partial charge in [-0.05, 0) is 40.0 Å². The number of nitrogens with zero attached hydrogens (tertiary/aromatic N) is 2. The number of H-pyrrole nitrogens is 1. The quantitative estimate of drug-likeness (QED) is 0.837. The maximum atomic E-state index is 12.4. The highest BCUT2D eigenvalue weighted by Gasteiger charge is 2.34. The van der Waals surface area contributed by atoms with Gasteiger partial charge in [-0.15, -0.1) is 0 Å². The monoisotopic (exact) mass is 340 g/mol. The molecule has 1 aliphatic rings. The van der Waals surface area contributed by atoms with Crippen molar-refractivity contribution in [3.63, 3.8) is 0 Å². The summed E-state index contributed by atoms with van der Waals surface area (Å²) in [4.78, 5) is 39.4. The Morgan fingerprint density at radius 3 is 2.79 bits per heavy atom. The Hall–Kier alpha value is -2.32. The maximum Gasteiger partial charge on any atom is 0.438 e. The molecular weight excluding hydrogens is 316 g/mol. The number of hydrogen-bond donors (Lipinski definition) is 2. The predicted octanol–water partition coefficient (Wildman–Crippen LogP) is 0.811. The van der Waals surface area contributed by atoms with E-state index in [1.54, 1.807) is 20.8 Å². The van der Waals surface area contributed by atoms with Crippen LogP contribution in [0.25, 0.3) is 0 Å². The van der Waals surface area contributed by atoms with Gasteiger partial charge < -0.3 is 10.1 Å². The first-order valence-electron chi connectivity index (χ1n) is 8.08. The molecule has 9 nitrogen and oxygen atoms in total. The third kappa shape index (κ3) is 5.10. The van der Waals surface area contributed by atoms with Crippen LogP contribution >= 0.6 is 0 Å². The number of amides is 2. The number of likely N-dealkylation sites (tertiary alicyclic amines) is 1. The average molecular weight is 340 g/mol. The Morgan fingerprint density at radius 1 is 1.42 bits per heavy atom. The first-order valence-corrected chi connectivity index (χ1v) is 8.08. The molecule has 1 unspecified atom stereocenters. The zero-order valence-electron chi connectivity index (χ0n) is 14.3. The van der Waals surface area contributed by atoms with Gasteiger partial charge in [0.2, 0.25) is 5.91 Å². The first kappa shape index (κ1) is 18.0. The predicted molar refractivity (Wildman–Crippen MR) is 84.4 cm³/mol. The van der Waals surface area contributed by atoms with E-state index in [4.69, 9.17) is 4.74 Å². The number of rotatable bonds is 4. The summed E-state index contributed by atoms with van der Waals surface area (Å²) in [5, 5.41) is 6.30. The Balaban J connectivity index is 1.89. The Bertz CT molecular complexity index is 630. The van der Waals surface area contributed by atoms with E-state index in [1.807, 2.05) is 0 Å². The van der Waals surface area contributed by atoms with Gasteiger partial charge in [-0.2, -0.15) is 0 Å². The molecule has 24 heavy (non-hydrogen) atoms. The van der Waals surface area contributed by atoms with Crippen molar-refractivity contribution >= 4 is 12.0 Å². The lowest BCUT2D eigenvalue weighted by molar-refractivity contribution is -0.127. The molecule has 0 aliphatic carbocycles. The van der Waals surface area contributed by atoms with Crippen LogP contribution in [0.15, 0.2) is 9.32 Å². The van der Waals surface area contributed by atoms with Gasteiger partial charge in [0.25, 0.3) is 0 Å². The number of aromatic nitrogens is 2. The van der Waals surface area contributed by atoms with Crippen molar-refractivity contribution in [2.45, 2.75) is 58.1 Å². The Labute approximate surface area is 139 Å². The number of carbonyl (C=O) groups is 2. The van der Waals surface area contributed by atoms with Gasteiger partial charge >= 0.3 is 11.8 Å². The smallest absolute Gasteiger partial charge is 0.438 e. The van der Waals surface area contributed by atoms with Crippen molar-refractivity contribution in [2.24, 2.45) is 0 Å². The van der Waals surface area contributed by atoms with Crippen LogP contribution in [-0.2, 0) is 16.0 Å². The molecule has 2 amide bonds. The van der Waals surface area contributed by atoms with Crippen LogP contribution < -0.4 is 11.1 Å². The maximum absolute atomic E-state index is 12.4. The van der Waals surface area contributed by atoms with Crippen molar-refractivity contribution in [3.05, 3.63) is 16.4 Å². The van der Waals surface area contributed by atoms with Crippen molar-refractivity contribution in [2.75, 3.05) is 13.1 Å². The first-order chi connectivity index (χ1) is 11.3. The van der Waals surface area contributed by atoms with Crippen LogP contribution in [0, 0.1) is 0 Å². The molecule has 1 aliphatic heterocycles. The molecule has 1 atom stereocenters. The summed E-state index contributed by atoms with van der Waals surface area (Å²) >= 11 is 0. The molecule has 1 aromatic heterocycles. The normalized spacial score (nSPS) is 18.3. The zero-order chi connectivity index (χ0) is 17.7. The van der Waals surface area contributed by atoms with Crippen molar-refractivity contribution in [1.29, 1.82) is 0 Å². The molecule has 2 N–H and O–H groups in total. The van der Waals surface area contributed by atoms with Crippen LogP contribution in [0.3, 0.4) is 0 Å². The third-order valence-corrected chi connectivity index (χ3v) is 3.58. The van der Waals surface area contributed by atoms with E-state index in [0.29, 0.717) is 31.8 Å². The van der Waals surface area contributed by atoms with Crippen LogP contribution in [0.5, 0.6) is 0 Å². The van der Waals surface area contributed by atoms with Gasteiger partial charge in [-0.3, -0.25) is 19.2 Å². The van der Waals surface area contributed by atoms with Gasteiger partial charge in [-0.1, -0.05) is 5.16 Å². The van der Waals surface area contributed by atoms with E-state index in [9.17, 15) is 14.4 Å².